The predicted molar refractivity (Wildman–Crippen MR) is 131 cm³/mol. The molecule has 1 aromatic carbocycles. The highest BCUT2D eigenvalue weighted by Gasteiger charge is 2.42. The predicted octanol–water partition coefficient (Wildman–Crippen LogP) is 4.14. The normalized spacial score (nSPS) is 20.4. The van der Waals surface area contributed by atoms with Gasteiger partial charge in [0.1, 0.15) is 0 Å². The summed E-state index contributed by atoms with van der Waals surface area (Å²) in [5.41, 5.74) is 1.81. The standard InChI is InChI=1S/C21H33BrN4O.HI/c1-17(18-4-6-19(22)7-5-18)25-11-13-26(14-12-25)20(23-2)24-16-21(8-9-21)10-15-27-3;/h4-7,17H,8-16H2,1-3H3,(H,23,24);1H. The van der Waals surface area contributed by atoms with Gasteiger partial charge in [0.05, 0.1) is 0 Å². The van der Waals surface area contributed by atoms with Crippen molar-refractivity contribution in [1.82, 2.24) is 15.1 Å². The van der Waals surface area contributed by atoms with Gasteiger partial charge in [-0.25, -0.2) is 0 Å². The molecule has 1 aliphatic heterocycles. The Bertz CT molecular complexity index is 628. The van der Waals surface area contributed by atoms with Gasteiger partial charge in [0, 0.05) is 64.0 Å². The number of hydrogen-bond acceptors (Lipinski definition) is 3. The van der Waals surface area contributed by atoms with E-state index in [4.69, 9.17) is 4.74 Å². The van der Waals surface area contributed by atoms with E-state index >= 15 is 0 Å². The molecule has 2 fully saturated rings. The molecule has 7 heteroatoms. The number of guanidine groups is 1. The Morgan fingerprint density at radius 2 is 1.86 bits per heavy atom. The van der Waals surface area contributed by atoms with Crippen LogP contribution in [0.5, 0.6) is 0 Å². The Morgan fingerprint density at radius 3 is 2.39 bits per heavy atom. The molecule has 1 heterocycles. The summed E-state index contributed by atoms with van der Waals surface area (Å²) < 4.78 is 6.40. The van der Waals surface area contributed by atoms with E-state index in [1.54, 1.807) is 7.11 Å². The van der Waals surface area contributed by atoms with Crippen LogP contribution in [0.3, 0.4) is 0 Å². The van der Waals surface area contributed by atoms with Gasteiger partial charge in [-0.2, -0.15) is 0 Å². The van der Waals surface area contributed by atoms with Crippen LogP contribution in [0.1, 0.15) is 37.8 Å². The molecule has 0 aromatic heterocycles. The van der Waals surface area contributed by atoms with Crippen molar-refractivity contribution >= 4 is 45.9 Å². The minimum absolute atomic E-state index is 0. The molecule has 1 atom stereocenters. The SMILES string of the molecule is CN=C(NCC1(CCOC)CC1)N1CCN(C(C)c2ccc(Br)cc2)CC1.I. The van der Waals surface area contributed by atoms with E-state index < -0.39 is 0 Å². The summed E-state index contributed by atoms with van der Waals surface area (Å²) in [4.78, 5) is 9.50. The second-order valence-electron chi connectivity index (χ2n) is 7.89. The van der Waals surface area contributed by atoms with Crippen molar-refractivity contribution in [2.24, 2.45) is 10.4 Å². The van der Waals surface area contributed by atoms with Crippen LogP contribution in [-0.2, 0) is 4.74 Å². The van der Waals surface area contributed by atoms with E-state index in [1.165, 1.54) is 18.4 Å². The van der Waals surface area contributed by atoms with Crippen LogP contribution in [0.2, 0.25) is 0 Å². The Hall–Kier alpha value is -0.380. The second-order valence-corrected chi connectivity index (χ2v) is 8.81. The van der Waals surface area contributed by atoms with Crippen molar-refractivity contribution in [3.63, 3.8) is 0 Å². The topological polar surface area (TPSA) is 40.1 Å². The lowest BCUT2D eigenvalue weighted by molar-refractivity contribution is 0.137. The average molecular weight is 565 g/mol. The first-order valence-electron chi connectivity index (χ1n) is 10.0. The van der Waals surface area contributed by atoms with Crippen molar-refractivity contribution in [2.45, 2.75) is 32.2 Å². The molecule has 0 radical (unpaired) electrons. The van der Waals surface area contributed by atoms with E-state index in [0.717, 1.165) is 56.2 Å². The third-order valence-corrected chi connectivity index (χ3v) is 6.67. The highest BCUT2D eigenvalue weighted by atomic mass is 127. The quantitative estimate of drug-likeness (QED) is 0.307. The number of nitrogens with zero attached hydrogens (tertiary/aromatic N) is 3. The van der Waals surface area contributed by atoms with Gasteiger partial charge in [-0.1, -0.05) is 28.1 Å². The van der Waals surface area contributed by atoms with Crippen molar-refractivity contribution in [3.8, 4) is 0 Å². The molecule has 0 bridgehead atoms. The van der Waals surface area contributed by atoms with Crippen LogP contribution in [0.4, 0.5) is 0 Å². The lowest BCUT2D eigenvalue weighted by Gasteiger charge is -2.39. The molecule has 5 nitrogen and oxygen atoms in total. The van der Waals surface area contributed by atoms with Gasteiger partial charge >= 0.3 is 0 Å². The van der Waals surface area contributed by atoms with Crippen LogP contribution in [0, 0.1) is 5.41 Å². The Kier molecular flexibility index (Phi) is 9.50. The maximum Gasteiger partial charge on any atom is 0.193 e. The number of aliphatic imine (C=N–C) groups is 1. The van der Waals surface area contributed by atoms with Crippen LogP contribution in [-0.4, -0.2) is 69.2 Å². The van der Waals surface area contributed by atoms with Crippen LogP contribution < -0.4 is 5.32 Å². The monoisotopic (exact) mass is 564 g/mol. The van der Waals surface area contributed by atoms with Gasteiger partial charge in [-0.3, -0.25) is 9.89 Å². The largest absolute Gasteiger partial charge is 0.385 e. The zero-order valence-corrected chi connectivity index (χ0v) is 21.2. The maximum atomic E-state index is 5.27. The van der Waals surface area contributed by atoms with Gasteiger partial charge in [-0.05, 0) is 49.3 Å². The fraction of sp³-hybridized carbons (Fsp3) is 0.667. The first-order valence-corrected chi connectivity index (χ1v) is 10.8. The Labute approximate surface area is 195 Å². The first-order chi connectivity index (χ1) is 13.1. The van der Waals surface area contributed by atoms with Gasteiger partial charge < -0.3 is 15.0 Å². The molecule has 1 saturated heterocycles. The molecule has 28 heavy (non-hydrogen) atoms. The van der Waals surface area contributed by atoms with Gasteiger partial charge in [0.15, 0.2) is 5.96 Å². The molecule has 3 rings (SSSR count). The maximum absolute atomic E-state index is 5.27. The molecule has 158 valence electrons. The van der Waals surface area contributed by atoms with E-state index in [1.807, 2.05) is 7.05 Å². The number of nitrogens with one attached hydrogen (secondary N) is 1. The van der Waals surface area contributed by atoms with Gasteiger partial charge in [0.2, 0.25) is 0 Å². The molecule has 1 aromatic rings. The van der Waals surface area contributed by atoms with Crippen LogP contribution in [0.25, 0.3) is 0 Å². The highest BCUT2D eigenvalue weighted by Crippen LogP contribution is 2.48. The van der Waals surface area contributed by atoms with Crippen molar-refractivity contribution in [3.05, 3.63) is 34.3 Å². The summed E-state index contributed by atoms with van der Waals surface area (Å²) in [5.74, 6) is 1.05. The Balaban J connectivity index is 0.00000280. The van der Waals surface area contributed by atoms with Crippen molar-refractivity contribution < 1.29 is 4.74 Å². The van der Waals surface area contributed by atoms with E-state index in [2.05, 4.69) is 67.2 Å². The summed E-state index contributed by atoms with van der Waals surface area (Å²) in [6, 6.07) is 9.14. The lowest BCUT2D eigenvalue weighted by atomic mass is 10.0. The van der Waals surface area contributed by atoms with Gasteiger partial charge in [-0.15, -0.1) is 24.0 Å². The first kappa shape index (κ1) is 23.9. The zero-order valence-electron chi connectivity index (χ0n) is 17.3. The molecule has 1 aliphatic carbocycles. The number of halogens is 2. The van der Waals surface area contributed by atoms with Gasteiger partial charge in [0.25, 0.3) is 0 Å². The molecule has 1 saturated carbocycles. The number of piperazine rings is 1. The second kappa shape index (κ2) is 11.1. The minimum Gasteiger partial charge on any atom is -0.385 e. The summed E-state index contributed by atoms with van der Waals surface area (Å²) >= 11 is 3.52. The molecule has 0 spiro atoms. The summed E-state index contributed by atoms with van der Waals surface area (Å²) in [7, 11) is 3.69. The third-order valence-electron chi connectivity index (χ3n) is 6.14. The molecule has 0 amide bonds. The molecular formula is C21H34BrIN4O. The molecule has 2 aliphatic rings. The molecular weight excluding hydrogens is 531 g/mol. The minimum atomic E-state index is 0. The van der Waals surface area contributed by atoms with Crippen LogP contribution >= 0.6 is 39.9 Å². The number of hydrogen-bond donors (Lipinski definition) is 1. The smallest absolute Gasteiger partial charge is 0.193 e. The fourth-order valence-corrected chi connectivity index (χ4v) is 4.15. The molecule has 1 unspecified atom stereocenters. The zero-order chi connectivity index (χ0) is 19.3. The van der Waals surface area contributed by atoms with E-state index in [0.29, 0.717) is 11.5 Å². The lowest BCUT2D eigenvalue weighted by Crippen LogP contribution is -2.53. The van der Waals surface area contributed by atoms with Crippen LogP contribution in [0.15, 0.2) is 33.7 Å². The Morgan fingerprint density at radius 1 is 1.21 bits per heavy atom. The number of rotatable bonds is 7. The average Bonchev–Trinajstić information content (AvgIpc) is 3.47. The third kappa shape index (κ3) is 6.31. The fourth-order valence-electron chi connectivity index (χ4n) is 3.88. The number of benzene rings is 1. The van der Waals surface area contributed by atoms with E-state index in [9.17, 15) is 0 Å². The number of methoxy groups -OCH3 is 1. The number of ether oxygens (including phenoxy) is 1. The summed E-state index contributed by atoms with van der Waals surface area (Å²) in [6.07, 6.45) is 3.75. The summed E-state index contributed by atoms with van der Waals surface area (Å²) in [6.45, 7) is 8.33. The summed E-state index contributed by atoms with van der Waals surface area (Å²) in [5, 5.41) is 3.63. The van der Waals surface area contributed by atoms with E-state index in [-0.39, 0.29) is 24.0 Å². The van der Waals surface area contributed by atoms with Crippen molar-refractivity contribution in [1.29, 1.82) is 0 Å². The highest BCUT2D eigenvalue weighted by molar-refractivity contribution is 14.0. The molecule has 1 N–H and O–H groups in total. The van der Waals surface area contributed by atoms with Crippen molar-refractivity contribution in [2.75, 3.05) is 53.5 Å².